The number of benzene rings is 2. The maximum absolute atomic E-state index is 12.2. The number of hydrogen-bond acceptors (Lipinski definition) is 5. The summed E-state index contributed by atoms with van der Waals surface area (Å²) in [5.41, 5.74) is 1.43. The standard InChI is InChI=1S/C18H14N2O5/c1-10-5-7-11(8-6-10)16(21)14-15(19-18(23)17(14)22)12-3-2-4-13(9-12)20(24)25/h2-9,15,21H,1H3,(H,19,23)/b16-14-. The highest BCUT2D eigenvalue weighted by molar-refractivity contribution is 6.46. The van der Waals surface area contributed by atoms with E-state index in [1.54, 1.807) is 30.3 Å². The Hall–Kier alpha value is -3.48. The molecule has 1 aliphatic rings. The zero-order valence-electron chi connectivity index (χ0n) is 13.2. The maximum Gasteiger partial charge on any atom is 0.293 e. The Balaban J connectivity index is 2.12. The van der Waals surface area contributed by atoms with Crippen molar-refractivity contribution in [3.63, 3.8) is 0 Å². The van der Waals surface area contributed by atoms with Crippen molar-refractivity contribution in [2.75, 3.05) is 0 Å². The van der Waals surface area contributed by atoms with Gasteiger partial charge in [-0.15, -0.1) is 0 Å². The molecule has 0 aliphatic carbocycles. The van der Waals surface area contributed by atoms with Gasteiger partial charge in [0.25, 0.3) is 17.4 Å². The number of nitro groups is 1. The van der Waals surface area contributed by atoms with Crippen molar-refractivity contribution < 1.29 is 19.6 Å². The lowest BCUT2D eigenvalue weighted by Gasteiger charge is -2.13. The van der Waals surface area contributed by atoms with E-state index in [1.165, 1.54) is 18.2 Å². The fourth-order valence-electron chi connectivity index (χ4n) is 2.70. The summed E-state index contributed by atoms with van der Waals surface area (Å²) >= 11 is 0. The number of aliphatic hydroxyl groups is 1. The first kappa shape index (κ1) is 16.4. The minimum Gasteiger partial charge on any atom is -0.507 e. The molecular formula is C18H14N2O5. The quantitative estimate of drug-likeness (QED) is 0.294. The van der Waals surface area contributed by atoms with Gasteiger partial charge in [0.1, 0.15) is 5.76 Å². The molecule has 0 spiro atoms. The van der Waals surface area contributed by atoms with E-state index in [-0.39, 0.29) is 17.0 Å². The van der Waals surface area contributed by atoms with Gasteiger partial charge in [0.15, 0.2) is 0 Å². The molecule has 7 heteroatoms. The largest absolute Gasteiger partial charge is 0.507 e. The predicted molar refractivity (Wildman–Crippen MR) is 89.7 cm³/mol. The van der Waals surface area contributed by atoms with Crippen molar-refractivity contribution in [2.24, 2.45) is 0 Å². The molecule has 0 saturated carbocycles. The average Bonchev–Trinajstić information content (AvgIpc) is 2.90. The summed E-state index contributed by atoms with van der Waals surface area (Å²) in [5.74, 6) is -2.03. The summed E-state index contributed by atoms with van der Waals surface area (Å²) in [4.78, 5) is 34.5. The van der Waals surface area contributed by atoms with Gasteiger partial charge in [-0.3, -0.25) is 19.7 Å². The predicted octanol–water partition coefficient (Wildman–Crippen LogP) is 2.61. The molecule has 1 amide bonds. The molecule has 1 saturated heterocycles. The lowest BCUT2D eigenvalue weighted by Crippen LogP contribution is -2.21. The molecule has 1 fully saturated rings. The van der Waals surface area contributed by atoms with Crippen molar-refractivity contribution in [1.29, 1.82) is 0 Å². The van der Waals surface area contributed by atoms with Gasteiger partial charge < -0.3 is 10.4 Å². The van der Waals surface area contributed by atoms with E-state index in [0.29, 0.717) is 11.1 Å². The SMILES string of the molecule is Cc1ccc(/C(O)=C2/C(=O)C(=O)NC2c2cccc([N+](=O)[O-])c2)cc1. The van der Waals surface area contributed by atoms with E-state index in [4.69, 9.17) is 0 Å². The highest BCUT2D eigenvalue weighted by atomic mass is 16.6. The van der Waals surface area contributed by atoms with E-state index in [9.17, 15) is 24.8 Å². The van der Waals surface area contributed by atoms with Crippen molar-refractivity contribution in [3.8, 4) is 0 Å². The van der Waals surface area contributed by atoms with Crippen LogP contribution in [0.5, 0.6) is 0 Å². The van der Waals surface area contributed by atoms with Crippen LogP contribution in [0.4, 0.5) is 5.69 Å². The summed E-state index contributed by atoms with van der Waals surface area (Å²) in [6.45, 7) is 1.88. The molecule has 2 aromatic rings. The number of Topliss-reactive ketones (excluding diaryl/α,β-unsaturated/α-hetero) is 1. The first-order chi connectivity index (χ1) is 11.9. The number of ketones is 1. The van der Waals surface area contributed by atoms with Gasteiger partial charge in [0.05, 0.1) is 16.5 Å². The van der Waals surface area contributed by atoms with Gasteiger partial charge in [-0.05, 0) is 12.5 Å². The Morgan fingerprint density at radius 3 is 2.48 bits per heavy atom. The molecule has 25 heavy (non-hydrogen) atoms. The van der Waals surface area contributed by atoms with Gasteiger partial charge in [-0.2, -0.15) is 0 Å². The highest BCUT2D eigenvalue weighted by Gasteiger charge is 2.39. The third kappa shape index (κ3) is 2.99. The number of hydrogen-bond donors (Lipinski definition) is 2. The highest BCUT2D eigenvalue weighted by Crippen LogP contribution is 2.34. The zero-order valence-corrected chi connectivity index (χ0v) is 13.2. The van der Waals surface area contributed by atoms with E-state index in [1.807, 2.05) is 6.92 Å². The van der Waals surface area contributed by atoms with Crippen molar-refractivity contribution in [3.05, 3.63) is 80.9 Å². The number of rotatable bonds is 3. The van der Waals surface area contributed by atoms with E-state index in [0.717, 1.165) is 5.56 Å². The molecule has 2 aromatic carbocycles. The topological polar surface area (TPSA) is 110 Å². The Morgan fingerprint density at radius 1 is 1.16 bits per heavy atom. The first-order valence-electron chi connectivity index (χ1n) is 7.48. The van der Waals surface area contributed by atoms with Gasteiger partial charge in [0, 0.05) is 17.7 Å². The number of carbonyl (C=O) groups excluding carboxylic acids is 2. The minimum atomic E-state index is -0.943. The number of nitrogens with zero attached hydrogens (tertiary/aromatic N) is 1. The lowest BCUT2D eigenvalue weighted by molar-refractivity contribution is -0.384. The molecule has 1 heterocycles. The third-order valence-electron chi connectivity index (χ3n) is 4.01. The number of carbonyl (C=O) groups is 2. The number of aryl methyl sites for hydroxylation is 1. The first-order valence-corrected chi connectivity index (χ1v) is 7.48. The number of nitro benzene ring substituents is 1. The summed E-state index contributed by atoms with van der Waals surface area (Å²) < 4.78 is 0. The summed E-state index contributed by atoms with van der Waals surface area (Å²) in [6, 6.07) is 11.5. The fraction of sp³-hybridized carbons (Fsp3) is 0.111. The Bertz CT molecular complexity index is 915. The molecule has 1 aliphatic heterocycles. The Labute approximate surface area is 142 Å². The number of nitrogens with one attached hydrogen (secondary N) is 1. The van der Waals surface area contributed by atoms with Crippen LogP contribution in [-0.4, -0.2) is 21.7 Å². The summed E-state index contributed by atoms with van der Waals surface area (Å²) in [7, 11) is 0. The van der Waals surface area contributed by atoms with Gasteiger partial charge in [-0.25, -0.2) is 0 Å². The monoisotopic (exact) mass is 338 g/mol. The minimum absolute atomic E-state index is 0.116. The van der Waals surface area contributed by atoms with Gasteiger partial charge in [0.2, 0.25) is 0 Å². The third-order valence-corrected chi connectivity index (χ3v) is 4.01. The molecule has 1 unspecified atom stereocenters. The van der Waals surface area contributed by atoms with Gasteiger partial charge in [-0.1, -0.05) is 42.0 Å². The second kappa shape index (κ2) is 6.20. The van der Waals surface area contributed by atoms with Crippen LogP contribution in [0.2, 0.25) is 0 Å². The van der Waals surface area contributed by atoms with Crippen molar-refractivity contribution >= 4 is 23.1 Å². The molecule has 0 bridgehead atoms. The van der Waals surface area contributed by atoms with Crippen LogP contribution in [0.3, 0.4) is 0 Å². The molecule has 7 nitrogen and oxygen atoms in total. The van der Waals surface area contributed by atoms with Crippen molar-refractivity contribution in [1.82, 2.24) is 5.32 Å². The Kier molecular flexibility index (Phi) is 4.06. The number of amides is 1. The number of aliphatic hydroxyl groups excluding tert-OH is 1. The normalized spacial score (nSPS) is 18.8. The van der Waals surface area contributed by atoms with Crippen LogP contribution in [0.1, 0.15) is 22.7 Å². The molecule has 1 atom stereocenters. The second-order valence-corrected chi connectivity index (χ2v) is 5.72. The zero-order chi connectivity index (χ0) is 18.1. The van der Waals surface area contributed by atoms with Crippen LogP contribution in [-0.2, 0) is 9.59 Å². The smallest absolute Gasteiger partial charge is 0.293 e. The van der Waals surface area contributed by atoms with E-state index < -0.39 is 22.7 Å². The molecule has 0 aromatic heterocycles. The summed E-state index contributed by atoms with van der Waals surface area (Å²) in [5, 5.41) is 24.0. The van der Waals surface area contributed by atoms with Gasteiger partial charge >= 0.3 is 0 Å². The van der Waals surface area contributed by atoms with E-state index >= 15 is 0 Å². The van der Waals surface area contributed by atoms with Crippen LogP contribution in [0.15, 0.2) is 54.1 Å². The van der Waals surface area contributed by atoms with Crippen LogP contribution < -0.4 is 5.32 Å². The molecule has 0 radical (unpaired) electrons. The van der Waals surface area contributed by atoms with E-state index in [2.05, 4.69) is 5.32 Å². The van der Waals surface area contributed by atoms with Crippen LogP contribution in [0.25, 0.3) is 5.76 Å². The Morgan fingerprint density at radius 2 is 1.84 bits per heavy atom. The lowest BCUT2D eigenvalue weighted by atomic mass is 9.95. The van der Waals surface area contributed by atoms with Crippen molar-refractivity contribution in [2.45, 2.75) is 13.0 Å². The average molecular weight is 338 g/mol. The molecule has 3 rings (SSSR count). The fourth-order valence-corrected chi connectivity index (χ4v) is 2.70. The summed E-state index contributed by atoms with van der Waals surface area (Å²) in [6.07, 6.45) is 0. The molecule has 126 valence electrons. The maximum atomic E-state index is 12.2. The van der Waals surface area contributed by atoms with Crippen LogP contribution in [0, 0.1) is 17.0 Å². The second-order valence-electron chi connectivity index (χ2n) is 5.72. The number of non-ortho nitro benzene ring substituents is 1. The molecular weight excluding hydrogens is 324 g/mol. The van der Waals surface area contributed by atoms with Crippen LogP contribution >= 0.6 is 0 Å². The molecule has 2 N–H and O–H groups in total.